The summed E-state index contributed by atoms with van der Waals surface area (Å²) in [6, 6.07) is 16.8. The van der Waals surface area contributed by atoms with Crippen molar-refractivity contribution in [2.24, 2.45) is 10.2 Å². The van der Waals surface area contributed by atoms with Crippen LogP contribution in [0.25, 0.3) is 0 Å². The number of hydrogen-bond donors (Lipinski definition) is 0. The Morgan fingerprint density at radius 1 is 0.720 bits per heavy atom. The van der Waals surface area contributed by atoms with Crippen molar-refractivity contribution in [3.05, 3.63) is 54.1 Å². The lowest BCUT2D eigenvalue weighted by atomic mass is 10.1. The molecule has 0 saturated carbocycles. The average molecular weight is 338 g/mol. The molecular weight excluding hydrogens is 306 g/mol. The van der Waals surface area contributed by atoms with Crippen LogP contribution < -0.4 is 4.90 Å². The molecule has 0 amide bonds. The molecule has 2 aromatic rings. The van der Waals surface area contributed by atoms with Crippen molar-refractivity contribution in [1.29, 1.82) is 0 Å². The Morgan fingerprint density at radius 3 is 1.80 bits per heavy atom. The van der Waals surface area contributed by atoms with Crippen molar-refractivity contribution in [2.45, 2.75) is 52.9 Å². The zero-order chi connectivity index (χ0) is 17.9. The Kier molecular flexibility index (Phi) is 8.17. The van der Waals surface area contributed by atoms with Crippen LogP contribution in [0, 0.1) is 0 Å². The summed E-state index contributed by atoms with van der Waals surface area (Å²) in [6.45, 7) is 8.79. The van der Waals surface area contributed by atoms with Crippen LogP contribution in [-0.2, 0) is 6.42 Å². The van der Waals surface area contributed by atoms with E-state index in [-0.39, 0.29) is 0 Å². The van der Waals surface area contributed by atoms with Gasteiger partial charge in [0.2, 0.25) is 0 Å². The Hall–Kier alpha value is -2.16. The highest BCUT2D eigenvalue weighted by Gasteiger charge is 2.03. The molecule has 0 spiro atoms. The molecule has 0 saturated heterocycles. The number of unbranched alkanes of at least 4 members (excludes halogenated alkanes) is 2. The molecule has 134 valence electrons. The number of rotatable bonds is 10. The number of hydrogen-bond acceptors (Lipinski definition) is 3. The van der Waals surface area contributed by atoms with Gasteiger partial charge in [-0.25, -0.2) is 0 Å². The molecule has 0 aliphatic rings. The molecule has 0 fully saturated rings. The lowest BCUT2D eigenvalue weighted by Crippen LogP contribution is -2.23. The number of nitrogens with zero attached hydrogens (tertiary/aromatic N) is 3. The van der Waals surface area contributed by atoms with Crippen LogP contribution >= 0.6 is 0 Å². The summed E-state index contributed by atoms with van der Waals surface area (Å²) in [5.41, 5.74) is 4.43. The zero-order valence-corrected chi connectivity index (χ0v) is 15.9. The first-order chi connectivity index (χ1) is 12.3. The smallest absolute Gasteiger partial charge is 0.0858 e. The predicted molar refractivity (Wildman–Crippen MR) is 108 cm³/mol. The van der Waals surface area contributed by atoms with Gasteiger partial charge in [0.1, 0.15) is 0 Å². The second-order valence-electron chi connectivity index (χ2n) is 6.42. The van der Waals surface area contributed by atoms with E-state index in [2.05, 4.69) is 60.2 Å². The monoisotopic (exact) mass is 337 g/mol. The van der Waals surface area contributed by atoms with Gasteiger partial charge in [-0.15, -0.1) is 0 Å². The van der Waals surface area contributed by atoms with Crippen LogP contribution in [0.1, 0.15) is 52.0 Å². The SMILES string of the molecule is CCCCc1ccc(N=Nc2ccc(N(CC)CCCC)cc2)cc1. The molecule has 3 nitrogen and oxygen atoms in total. The molecule has 3 heteroatoms. The summed E-state index contributed by atoms with van der Waals surface area (Å²) in [5, 5.41) is 8.72. The third-order valence-electron chi connectivity index (χ3n) is 4.41. The van der Waals surface area contributed by atoms with Crippen LogP contribution in [0.4, 0.5) is 17.1 Å². The third kappa shape index (κ3) is 6.33. The number of azo groups is 1. The van der Waals surface area contributed by atoms with Crippen LogP contribution in [0.3, 0.4) is 0 Å². The van der Waals surface area contributed by atoms with E-state index in [4.69, 9.17) is 0 Å². The zero-order valence-electron chi connectivity index (χ0n) is 15.9. The van der Waals surface area contributed by atoms with E-state index in [0.717, 1.165) is 30.9 Å². The minimum atomic E-state index is 0.894. The second kappa shape index (κ2) is 10.7. The molecule has 0 N–H and O–H groups in total. The molecule has 0 radical (unpaired) electrons. The second-order valence-corrected chi connectivity index (χ2v) is 6.42. The standard InChI is InChI=1S/C22H31N3/c1-4-7-9-19-10-12-20(13-11-19)23-24-21-14-16-22(17-15-21)25(6-3)18-8-5-2/h10-17H,4-9,18H2,1-3H3. The fraction of sp³-hybridized carbons (Fsp3) is 0.455. The number of aryl methyl sites for hydroxylation is 1. The Labute approximate surface area is 152 Å². The Bertz CT molecular complexity index is 629. The summed E-state index contributed by atoms with van der Waals surface area (Å²) < 4.78 is 0. The minimum absolute atomic E-state index is 0.894. The maximum atomic E-state index is 4.36. The molecule has 0 aliphatic carbocycles. The molecule has 0 heterocycles. The quantitative estimate of drug-likeness (QED) is 0.426. The lowest BCUT2D eigenvalue weighted by molar-refractivity contribution is 0.732. The minimum Gasteiger partial charge on any atom is -0.372 e. The number of benzene rings is 2. The van der Waals surface area contributed by atoms with Gasteiger partial charge in [-0.05, 0) is 68.1 Å². The highest BCUT2D eigenvalue weighted by atomic mass is 15.1. The maximum absolute atomic E-state index is 4.36. The summed E-state index contributed by atoms with van der Waals surface area (Å²) in [6.07, 6.45) is 6.05. The fourth-order valence-electron chi connectivity index (χ4n) is 2.77. The molecule has 0 aromatic heterocycles. The van der Waals surface area contributed by atoms with Gasteiger partial charge >= 0.3 is 0 Å². The van der Waals surface area contributed by atoms with Gasteiger partial charge < -0.3 is 4.90 Å². The summed E-state index contributed by atoms with van der Waals surface area (Å²) in [4.78, 5) is 2.40. The topological polar surface area (TPSA) is 28.0 Å². The van der Waals surface area contributed by atoms with Crippen molar-refractivity contribution < 1.29 is 0 Å². The third-order valence-corrected chi connectivity index (χ3v) is 4.41. The van der Waals surface area contributed by atoms with Crippen LogP contribution in [0.2, 0.25) is 0 Å². The average Bonchev–Trinajstić information content (AvgIpc) is 2.67. The van der Waals surface area contributed by atoms with Crippen LogP contribution in [0.5, 0.6) is 0 Å². The Morgan fingerprint density at radius 2 is 1.28 bits per heavy atom. The molecule has 0 atom stereocenters. The van der Waals surface area contributed by atoms with Crippen molar-refractivity contribution in [3.63, 3.8) is 0 Å². The van der Waals surface area contributed by atoms with Crippen molar-refractivity contribution in [2.75, 3.05) is 18.0 Å². The molecule has 2 aromatic carbocycles. The fourth-order valence-corrected chi connectivity index (χ4v) is 2.77. The van der Waals surface area contributed by atoms with E-state index in [1.165, 1.54) is 36.9 Å². The first-order valence-electron chi connectivity index (χ1n) is 9.62. The summed E-state index contributed by atoms with van der Waals surface area (Å²) in [7, 11) is 0. The highest BCUT2D eigenvalue weighted by Crippen LogP contribution is 2.23. The van der Waals surface area contributed by atoms with Gasteiger partial charge in [0.15, 0.2) is 0 Å². The molecule has 25 heavy (non-hydrogen) atoms. The highest BCUT2D eigenvalue weighted by molar-refractivity contribution is 5.53. The van der Waals surface area contributed by atoms with Crippen molar-refractivity contribution >= 4 is 17.1 Å². The van der Waals surface area contributed by atoms with E-state index in [9.17, 15) is 0 Å². The van der Waals surface area contributed by atoms with Crippen LogP contribution in [0.15, 0.2) is 58.8 Å². The van der Waals surface area contributed by atoms with E-state index in [0.29, 0.717) is 0 Å². The lowest BCUT2D eigenvalue weighted by Gasteiger charge is -2.22. The van der Waals surface area contributed by atoms with Gasteiger partial charge in [-0.3, -0.25) is 0 Å². The van der Waals surface area contributed by atoms with Crippen LogP contribution in [-0.4, -0.2) is 13.1 Å². The molecule has 0 unspecified atom stereocenters. The van der Waals surface area contributed by atoms with Gasteiger partial charge in [-0.1, -0.05) is 38.8 Å². The van der Waals surface area contributed by atoms with Gasteiger partial charge in [0.05, 0.1) is 11.4 Å². The predicted octanol–water partition coefficient (Wildman–Crippen LogP) is 7.07. The van der Waals surface area contributed by atoms with Crippen molar-refractivity contribution in [3.8, 4) is 0 Å². The molecular formula is C22H31N3. The summed E-state index contributed by atoms with van der Waals surface area (Å²) >= 11 is 0. The van der Waals surface area contributed by atoms with E-state index >= 15 is 0 Å². The maximum Gasteiger partial charge on any atom is 0.0858 e. The van der Waals surface area contributed by atoms with E-state index in [1.807, 2.05) is 24.3 Å². The number of anilines is 1. The first-order valence-corrected chi connectivity index (χ1v) is 9.62. The molecule has 2 rings (SSSR count). The van der Waals surface area contributed by atoms with Gasteiger partial charge in [0.25, 0.3) is 0 Å². The molecule has 0 bridgehead atoms. The Balaban J connectivity index is 1.96. The van der Waals surface area contributed by atoms with E-state index < -0.39 is 0 Å². The first kappa shape index (κ1) is 19.2. The van der Waals surface area contributed by atoms with Gasteiger partial charge in [0, 0.05) is 18.8 Å². The largest absolute Gasteiger partial charge is 0.372 e. The van der Waals surface area contributed by atoms with Gasteiger partial charge in [-0.2, -0.15) is 10.2 Å². The normalized spacial score (nSPS) is 11.2. The summed E-state index contributed by atoms with van der Waals surface area (Å²) in [5.74, 6) is 0. The molecule has 0 aliphatic heterocycles. The van der Waals surface area contributed by atoms with E-state index in [1.54, 1.807) is 0 Å². The van der Waals surface area contributed by atoms with Crippen molar-refractivity contribution in [1.82, 2.24) is 0 Å².